The first-order chi connectivity index (χ1) is 11.4. The lowest BCUT2D eigenvalue weighted by molar-refractivity contribution is 0.818. The lowest BCUT2D eigenvalue weighted by Gasteiger charge is -2.23. The summed E-state index contributed by atoms with van der Waals surface area (Å²) in [7, 11) is 0. The van der Waals surface area contributed by atoms with Crippen LogP contribution in [0, 0.1) is 0 Å². The molecule has 0 spiro atoms. The lowest BCUT2D eigenvalue weighted by Crippen LogP contribution is -2.04. The van der Waals surface area contributed by atoms with Crippen molar-refractivity contribution in [2.24, 2.45) is 0 Å². The van der Waals surface area contributed by atoms with Crippen LogP contribution in [0.3, 0.4) is 0 Å². The molecule has 0 N–H and O–H groups in total. The molecule has 23 heavy (non-hydrogen) atoms. The smallest absolute Gasteiger partial charge is 0.0110 e. The highest BCUT2D eigenvalue weighted by atomic mass is 14.5. The van der Waals surface area contributed by atoms with Crippen LogP contribution in [0.1, 0.15) is 40.5 Å². The molecule has 2 atom stereocenters. The molecule has 0 unspecified atom stereocenters. The highest BCUT2D eigenvalue weighted by Gasteiger charge is 2.43. The van der Waals surface area contributed by atoms with E-state index in [-0.39, 0.29) is 0 Å². The van der Waals surface area contributed by atoms with Gasteiger partial charge in [0.2, 0.25) is 0 Å². The molecular formula is C23H18. The average molecular weight is 294 g/mol. The molecular weight excluding hydrogens is 276 g/mol. The average Bonchev–Trinajstić information content (AvgIpc) is 3.20. The van der Waals surface area contributed by atoms with Crippen molar-refractivity contribution < 1.29 is 0 Å². The molecule has 0 radical (unpaired) electrons. The number of allylic oxidation sites excluding steroid dienone is 2. The molecule has 5 rings (SSSR count). The first-order valence-electron chi connectivity index (χ1n) is 8.37. The van der Waals surface area contributed by atoms with Crippen LogP contribution in [-0.2, 0) is 0 Å². The minimum absolute atomic E-state index is 0.550. The van der Waals surface area contributed by atoms with Crippen molar-refractivity contribution in [3.63, 3.8) is 0 Å². The van der Waals surface area contributed by atoms with E-state index < -0.39 is 0 Å². The van der Waals surface area contributed by atoms with E-state index in [2.05, 4.69) is 84.9 Å². The van der Waals surface area contributed by atoms with Gasteiger partial charge in [-0.3, -0.25) is 0 Å². The van der Waals surface area contributed by atoms with E-state index in [1.807, 2.05) is 0 Å². The van der Waals surface area contributed by atoms with Gasteiger partial charge in [-0.05, 0) is 39.8 Å². The zero-order valence-corrected chi connectivity index (χ0v) is 12.9. The Morgan fingerprint density at radius 2 is 0.870 bits per heavy atom. The molecule has 2 bridgehead atoms. The van der Waals surface area contributed by atoms with Gasteiger partial charge in [-0.2, -0.15) is 0 Å². The minimum atomic E-state index is 0.550. The lowest BCUT2D eigenvalue weighted by atomic mass is 9.80. The van der Waals surface area contributed by atoms with E-state index >= 15 is 0 Å². The molecule has 0 aliphatic heterocycles. The number of fused-ring (bicyclic) bond motifs is 5. The Hall–Kier alpha value is -2.60. The zero-order chi connectivity index (χ0) is 15.2. The molecule has 110 valence electrons. The highest BCUT2D eigenvalue weighted by molar-refractivity contribution is 6.01. The summed E-state index contributed by atoms with van der Waals surface area (Å²) in [6.07, 6.45) is 1.23. The van der Waals surface area contributed by atoms with Gasteiger partial charge in [-0.15, -0.1) is 0 Å². The fourth-order valence-corrected chi connectivity index (χ4v) is 4.51. The van der Waals surface area contributed by atoms with Gasteiger partial charge < -0.3 is 0 Å². The number of benzene rings is 3. The van der Waals surface area contributed by atoms with E-state index in [9.17, 15) is 0 Å². The second-order valence-electron chi connectivity index (χ2n) is 6.53. The molecule has 3 aromatic carbocycles. The Labute approximate surface area is 137 Å². The molecule has 0 heteroatoms. The fourth-order valence-electron chi connectivity index (χ4n) is 4.51. The van der Waals surface area contributed by atoms with E-state index in [1.165, 1.54) is 28.7 Å². The molecule has 0 saturated carbocycles. The topological polar surface area (TPSA) is 0 Å². The molecule has 3 aromatic rings. The van der Waals surface area contributed by atoms with Crippen LogP contribution < -0.4 is 0 Å². The summed E-state index contributed by atoms with van der Waals surface area (Å²) in [6.45, 7) is 0. The summed E-state index contributed by atoms with van der Waals surface area (Å²) in [5.74, 6) is 1.10. The first kappa shape index (κ1) is 12.9. The largest absolute Gasteiger partial charge is 0.0622 e. The van der Waals surface area contributed by atoms with Gasteiger partial charge in [0.15, 0.2) is 0 Å². The molecule has 0 nitrogen and oxygen atoms in total. The fraction of sp³-hybridized carbons (Fsp3) is 0.130. The third-order valence-electron chi connectivity index (χ3n) is 5.37. The number of hydrogen-bond donors (Lipinski definition) is 0. The van der Waals surface area contributed by atoms with E-state index in [0.717, 1.165) is 0 Å². The highest BCUT2D eigenvalue weighted by Crippen LogP contribution is 2.62. The summed E-state index contributed by atoms with van der Waals surface area (Å²) in [6, 6.07) is 30.9. The summed E-state index contributed by atoms with van der Waals surface area (Å²) in [4.78, 5) is 0. The number of rotatable bonds is 2. The molecule has 0 saturated heterocycles. The van der Waals surface area contributed by atoms with Crippen molar-refractivity contribution in [1.82, 2.24) is 0 Å². The van der Waals surface area contributed by atoms with Crippen molar-refractivity contribution >= 4 is 11.1 Å². The quantitative estimate of drug-likeness (QED) is 0.553. The second-order valence-corrected chi connectivity index (χ2v) is 6.53. The second kappa shape index (κ2) is 4.96. The van der Waals surface area contributed by atoms with Gasteiger partial charge in [-0.1, -0.05) is 84.9 Å². The minimum Gasteiger partial charge on any atom is -0.0622 e. The van der Waals surface area contributed by atoms with Crippen LogP contribution in [0.2, 0.25) is 0 Å². The van der Waals surface area contributed by atoms with Crippen molar-refractivity contribution in [2.45, 2.75) is 18.3 Å². The van der Waals surface area contributed by atoms with Crippen LogP contribution in [0.25, 0.3) is 11.1 Å². The summed E-state index contributed by atoms with van der Waals surface area (Å²) in [5.41, 5.74) is 8.93. The Kier molecular flexibility index (Phi) is 2.78. The van der Waals surface area contributed by atoms with Gasteiger partial charge in [0.05, 0.1) is 0 Å². The van der Waals surface area contributed by atoms with Crippen molar-refractivity contribution in [3.8, 4) is 0 Å². The molecule has 0 fully saturated rings. The summed E-state index contributed by atoms with van der Waals surface area (Å²) < 4.78 is 0. The SMILES string of the molecule is c1ccc(C2=C(c3ccccc3)[C@@H]3C[C@H]2c2ccccc23)cc1. The summed E-state index contributed by atoms with van der Waals surface area (Å²) >= 11 is 0. The predicted molar refractivity (Wildman–Crippen MR) is 96.2 cm³/mol. The third-order valence-corrected chi connectivity index (χ3v) is 5.37. The van der Waals surface area contributed by atoms with Gasteiger partial charge in [0.1, 0.15) is 0 Å². The third kappa shape index (κ3) is 1.85. The van der Waals surface area contributed by atoms with Crippen molar-refractivity contribution in [2.75, 3.05) is 0 Å². The molecule has 0 aromatic heterocycles. The standard InChI is InChI=1S/C23H18/c1-3-9-16(10-4-1)22-20-15-21(19-14-8-7-13-18(19)20)23(22)17-11-5-2-6-12-17/h1-14,20-21H,15H2/t20-,21+. The summed E-state index contributed by atoms with van der Waals surface area (Å²) in [5, 5.41) is 0. The first-order valence-corrected chi connectivity index (χ1v) is 8.37. The maximum Gasteiger partial charge on any atom is 0.0110 e. The van der Waals surface area contributed by atoms with Gasteiger partial charge in [-0.25, -0.2) is 0 Å². The Balaban J connectivity index is 1.78. The van der Waals surface area contributed by atoms with E-state index in [0.29, 0.717) is 11.8 Å². The van der Waals surface area contributed by atoms with Crippen LogP contribution in [0.15, 0.2) is 84.9 Å². The zero-order valence-electron chi connectivity index (χ0n) is 12.9. The Morgan fingerprint density at radius 1 is 0.478 bits per heavy atom. The maximum absolute atomic E-state index is 2.32. The van der Waals surface area contributed by atoms with Crippen LogP contribution in [-0.4, -0.2) is 0 Å². The van der Waals surface area contributed by atoms with Gasteiger partial charge in [0.25, 0.3) is 0 Å². The van der Waals surface area contributed by atoms with E-state index in [4.69, 9.17) is 0 Å². The van der Waals surface area contributed by atoms with E-state index in [1.54, 1.807) is 11.1 Å². The molecule has 2 aliphatic rings. The molecule has 0 heterocycles. The Morgan fingerprint density at radius 3 is 1.30 bits per heavy atom. The number of hydrogen-bond acceptors (Lipinski definition) is 0. The van der Waals surface area contributed by atoms with Crippen LogP contribution >= 0.6 is 0 Å². The van der Waals surface area contributed by atoms with Gasteiger partial charge >= 0.3 is 0 Å². The van der Waals surface area contributed by atoms with Crippen LogP contribution in [0.4, 0.5) is 0 Å². The van der Waals surface area contributed by atoms with Crippen LogP contribution in [0.5, 0.6) is 0 Å². The van der Waals surface area contributed by atoms with Gasteiger partial charge in [0, 0.05) is 11.8 Å². The van der Waals surface area contributed by atoms with Crippen molar-refractivity contribution in [1.29, 1.82) is 0 Å². The van der Waals surface area contributed by atoms with Crippen molar-refractivity contribution in [3.05, 3.63) is 107 Å². The molecule has 2 aliphatic carbocycles. The Bertz CT molecular complexity index is 813. The normalized spacial score (nSPS) is 21.6. The predicted octanol–water partition coefficient (Wildman–Crippen LogP) is 5.88. The maximum atomic E-state index is 2.32. The monoisotopic (exact) mass is 294 g/mol. The molecule has 0 amide bonds.